The Morgan fingerprint density at radius 1 is 1.28 bits per heavy atom. The summed E-state index contributed by atoms with van der Waals surface area (Å²) in [6.07, 6.45) is 5.37. The molecule has 0 spiro atoms. The van der Waals surface area contributed by atoms with Crippen LogP contribution in [0.1, 0.15) is 32.3 Å². The second kappa shape index (κ2) is 8.58. The van der Waals surface area contributed by atoms with Gasteiger partial charge in [-0.25, -0.2) is 0 Å². The van der Waals surface area contributed by atoms with Crippen molar-refractivity contribution in [2.45, 2.75) is 33.1 Å². The van der Waals surface area contributed by atoms with Gasteiger partial charge >= 0.3 is 0 Å². The average molecular weight is 286 g/mol. The molecule has 0 saturated carbocycles. The van der Waals surface area contributed by atoms with Crippen LogP contribution in [0.5, 0.6) is 0 Å². The zero-order valence-corrected chi connectivity index (χ0v) is 12.6. The topological polar surface area (TPSA) is 12.0 Å². The predicted octanol–water partition coefficient (Wildman–Crippen LogP) is 4.87. The lowest BCUT2D eigenvalue weighted by Gasteiger charge is -2.06. The lowest BCUT2D eigenvalue weighted by Crippen LogP contribution is -2.15. The van der Waals surface area contributed by atoms with Crippen LogP contribution in [-0.2, 0) is 6.42 Å². The molecule has 100 valence electrons. The molecule has 0 bridgehead atoms. The van der Waals surface area contributed by atoms with Crippen LogP contribution in [0.25, 0.3) is 0 Å². The van der Waals surface area contributed by atoms with Crippen molar-refractivity contribution < 1.29 is 0 Å². The Balaban J connectivity index is 2.46. The molecular weight excluding hydrogens is 265 g/mol. The maximum Gasteiger partial charge on any atom is 0.0627 e. The largest absolute Gasteiger partial charge is 0.316 e. The first-order chi connectivity index (χ1) is 8.65. The molecule has 1 aromatic carbocycles. The van der Waals surface area contributed by atoms with E-state index in [2.05, 4.69) is 25.2 Å². The fourth-order valence-electron chi connectivity index (χ4n) is 1.78. The summed E-state index contributed by atoms with van der Waals surface area (Å²) in [6.45, 7) is 6.44. The second-order valence-electron chi connectivity index (χ2n) is 4.48. The molecule has 0 aliphatic heterocycles. The van der Waals surface area contributed by atoms with Gasteiger partial charge in [0.1, 0.15) is 0 Å². The van der Waals surface area contributed by atoms with E-state index in [4.69, 9.17) is 23.2 Å². The summed E-state index contributed by atoms with van der Waals surface area (Å²) in [5.74, 6) is 0. The third-order valence-electron chi connectivity index (χ3n) is 2.74. The number of nitrogens with one attached hydrogen (secondary N) is 1. The van der Waals surface area contributed by atoms with Crippen LogP contribution < -0.4 is 5.32 Å². The van der Waals surface area contributed by atoms with Gasteiger partial charge in [-0.1, -0.05) is 53.9 Å². The smallest absolute Gasteiger partial charge is 0.0627 e. The van der Waals surface area contributed by atoms with Crippen molar-refractivity contribution in [1.82, 2.24) is 5.32 Å². The number of halogens is 2. The van der Waals surface area contributed by atoms with Gasteiger partial charge in [-0.2, -0.15) is 0 Å². The Kier molecular flexibility index (Phi) is 7.41. The van der Waals surface area contributed by atoms with Crippen LogP contribution in [-0.4, -0.2) is 13.1 Å². The van der Waals surface area contributed by atoms with Crippen LogP contribution in [0.4, 0.5) is 0 Å². The molecule has 0 saturated heterocycles. The lowest BCUT2D eigenvalue weighted by molar-refractivity contribution is 0.677. The van der Waals surface area contributed by atoms with Crippen molar-refractivity contribution in [3.63, 3.8) is 0 Å². The first-order valence-electron chi connectivity index (χ1n) is 6.44. The Bertz CT molecular complexity index is 399. The van der Waals surface area contributed by atoms with Gasteiger partial charge in [-0.3, -0.25) is 0 Å². The van der Waals surface area contributed by atoms with E-state index in [1.807, 2.05) is 18.2 Å². The Morgan fingerprint density at radius 3 is 2.78 bits per heavy atom. The van der Waals surface area contributed by atoms with Crippen LogP contribution in [0.3, 0.4) is 0 Å². The van der Waals surface area contributed by atoms with Gasteiger partial charge in [0.25, 0.3) is 0 Å². The molecule has 0 amide bonds. The molecule has 0 heterocycles. The van der Waals surface area contributed by atoms with Crippen LogP contribution in [0, 0.1) is 0 Å². The Labute approximate surface area is 120 Å². The van der Waals surface area contributed by atoms with Gasteiger partial charge in [0, 0.05) is 0 Å². The lowest BCUT2D eigenvalue weighted by atomic mass is 10.1. The normalized spacial score (nSPS) is 11.9. The van der Waals surface area contributed by atoms with Gasteiger partial charge < -0.3 is 5.32 Å². The van der Waals surface area contributed by atoms with E-state index in [1.54, 1.807) is 0 Å². The van der Waals surface area contributed by atoms with Crippen molar-refractivity contribution in [3.8, 4) is 0 Å². The summed E-state index contributed by atoms with van der Waals surface area (Å²) in [5, 5.41) is 4.69. The Morgan fingerprint density at radius 2 is 2.06 bits per heavy atom. The molecule has 1 aromatic rings. The molecule has 0 atom stereocenters. The van der Waals surface area contributed by atoms with E-state index in [0.29, 0.717) is 10.0 Å². The molecule has 18 heavy (non-hydrogen) atoms. The molecule has 0 unspecified atom stereocenters. The fourth-order valence-corrected chi connectivity index (χ4v) is 2.17. The summed E-state index contributed by atoms with van der Waals surface area (Å²) in [7, 11) is 0. The third-order valence-corrected chi connectivity index (χ3v) is 3.60. The molecule has 0 aromatic heterocycles. The first kappa shape index (κ1) is 15.6. The molecule has 0 radical (unpaired) electrons. The molecule has 1 rings (SSSR count). The second-order valence-corrected chi connectivity index (χ2v) is 5.26. The highest BCUT2D eigenvalue weighted by Gasteiger charge is 2.04. The van der Waals surface area contributed by atoms with Crippen molar-refractivity contribution in [2.24, 2.45) is 0 Å². The van der Waals surface area contributed by atoms with Crippen molar-refractivity contribution in [2.75, 3.05) is 13.1 Å². The van der Waals surface area contributed by atoms with Gasteiger partial charge in [0.2, 0.25) is 0 Å². The fraction of sp³-hybridized carbons (Fsp3) is 0.467. The quantitative estimate of drug-likeness (QED) is 0.557. The standard InChI is InChI=1S/C15H21Cl2N/c1-3-9-18-10-5-6-12(2)11-13-7-4-8-14(16)15(13)17/h4,6-8,18H,3,5,9-11H2,1-2H3/b12-6-. The monoisotopic (exact) mass is 285 g/mol. The summed E-state index contributed by atoms with van der Waals surface area (Å²) in [6, 6.07) is 5.79. The number of rotatable bonds is 7. The number of benzene rings is 1. The van der Waals surface area contributed by atoms with E-state index < -0.39 is 0 Å². The summed E-state index contributed by atoms with van der Waals surface area (Å²) in [5.41, 5.74) is 2.43. The van der Waals surface area contributed by atoms with Gasteiger partial charge in [0.05, 0.1) is 10.0 Å². The molecular formula is C15H21Cl2N. The summed E-state index contributed by atoms with van der Waals surface area (Å²) in [4.78, 5) is 0. The van der Waals surface area contributed by atoms with E-state index in [1.165, 1.54) is 12.0 Å². The van der Waals surface area contributed by atoms with E-state index >= 15 is 0 Å². The third kappa shape index (κ3) is 5.43. The molecule has 0 aliphatic rings. The van der Waals surface area contributed by atoms with Crippen molar-refractivity contribution >= 4 is 23.2 Å². The highest BCUT2D eigenvalue weighted by molar-refractivity contribution is 6.42. The van der Waals surface area contributed by atoms with Crippen LogP contribution in [0.2, 0.25) is 10.0 Å². The van der Waals surface area contributed by atoms with Crippen molar-refractivity contribution in [3.05, 3.63) is 45.5 Å². The molecule has 3 heteroatoms. The average Bonchev–Trinajstić information content (AvgIpc) is 2.35. The van der Waals surface area contributed by atoms with E-state index in [-0.39, 0.29) is 0 Å². The number of hydrogen-bond donors (Lipinski definition) is 1. The summed E-state index contributed by atoms with van der Waals surface area (Å²) < 4.78 is 0. The number of hydrogen-bond acceptors (Lipinski definition) is 1. The van der Waals surface area contributed by atoms with Gasteiger partial charge in [-0.15, -0.1) is 0 Å². The van der Waals surface area contributed by atoms with Gasteiger partial charge in [0.15, 0.2) is 0 Å². The maximum atomic E-state index is 6.17. The number of allylic oxidation sites excluding steroid dienone is 1. The summed E-state index contributed by atoms with van der Waals surface area (Å²) >= 11 is 12.2. The van der Waals surface area contributed by atoms with Gasteiger partial charge in [-0.05, 0) is 50.9 Å². The van der Waals surface area contributed by atoms with Crippen LogP contribution in [0.15, 0.2) is 29.8 Å². The van der Waals surface area contributed by atoms with Crippen LogP contribution >= 0.6 is 23.2 Å². The minimum atomic E-state index is 0.631. The molecule has 0 aliphatic carbocycles. The van der Waals surface area contributed by atoms with Crippen molar-refractivity contribution in [1.29, 1.82) is 0 Å². The SMILES string of the molecule is CCCNCC/C=C(/C)Cc1cccc(Cl)c1Cl. The molecule has 1 N–H and O–H groups in total. The minimum absolute atomic E-state index is 0.631. The van der Waals surface area contributed by atoms with E-state index in [0.717, 1.165) is 31.5 Å². The predicted molar refractivity (Wildman–Crippen MR) is 81.7 cm³/mol. The van der Waals surface area contributed by atoms with E-state index in [9.17, 15) is 0 Å². The first-order valence-corrected chi connectivity index (χ1v) is 7.20. The zero-order chi connectivity index (χ0) is 13.4. The minimum Gasteiger partial charge on any atom is -0.316 e. The maximum absolute atomic E-state index is 6.17. The highest BCUT2D eigenvalue weighted by atomic mass is 35.5. The molecule has 0 fully saturated rings. The highest BCUT2D eigenvalue weighted by Crippen LogP contribution is 2.27. The zero-order valence-electron chi connectivity index (χ0n) is 11.1. The molecule has 1 nitrogen and oxygen atoms in total. The Hall–Kier alpha value is -0.500.